The Hall–Kier alpha value is -0.0800. The first kappa shape index (κ1) is 15.3. The smallest absolute Gasteiger partial charge is 0.0731 e. The van der Waals surface area contributed by atoms with Crippen molar-refractivity contribution in [2.45, 2.75) is 78.4 Å². The van der Waals surface area contributed by atoms with Crippen LogP contribution >= 0.6 is 0 Å². The van der Waals surface area contributed by atoms with E-state index < -0.39 is 0 Å². The minimum absolute atomic E-state index is 0.427. The lowest BCUT2D eigenvalue weighted by molar-refractivity contribution is -0.0317. The van der Waals surface area contributed by atoms with Crippen LogP contribution in [0.5, 0.6) is 0 Å². The van der Waals surface area contributed by atoms with Crippen LogP contribution in [-0.2, 0) is 4.74 Å². The summed E-state index contributed by atoms with van der Waals surface area (Å²) in [6.07, 6.45) is 8.34. The molecule has 2 fully saturated rings. The molecule has 0 amide bonds. The van der Waals surface area contributed by atoms with E-state index in [1.165, 1.54) is 38.5 Å². The number of hydrogen-bond acceptors (Lipinski definition) is 2. The molecule has 0 heterocycles. The Kier molecular flexibility index (Phi) is 5.30. The molecule has 2 rings (SSSR count). The standard InChI is InChI=1S/C17H33NO/c1-5-10-18-15-9-8-14(17(2,3)4)11-16(15)19-12-13-6-7-13/h13-16,18H,5-12H2,1-4H3. The molecule has 2 nitrogen and oxygen atoms in total. The van der Waals surface area contributed by atoms with E-state index >= 15 is 0 Å². The summed E-state index contributed by atoms with van der Waals surface area (Å²) < 4.78 is 6.28. The third-order valence-electron chi connectivity index (χ3n) is 4.92. The van der Waals surface area contributed by atoms with Crippen molar-refractivity contribution in [3.63, 3.8) is 0 Å². The highest BCUT2D eigenvalue weighted by molar-refractivity contribution is 4.90. The Labute approximate surface area is 119 Å². The van der Waals surface area contributed by atoms with Gasteiger partial charge in [0.2, 0.25) is 0 Å². The Morgan fingerprint density at radius 1 is 1.11 bits per heavy atom. The van der Waals surface area contributed by atoms with Gasteiger partial charge in [-0.1, -0.05) is 27.7 Å². The molecule has 3 unspecified atom stereocenters. The Balaban J connectivity index is 1.87. The maximum atomic E-state index is 6.28. The van der Waals surface area contributed by atoms with Gasteiger partial charge in [-0.25, -0.2) is 0 Å². The average molecular weight is 267 g/mol. The van der Waals surface area contributed by atoms with Gasteiger partial charge in [-0.3, -0.25) is 0 Å². The second-order valence-electron chi connectivity index (χ2n) is 7.75. The van der Waals surface area contributed by atoms with E-state index in [1.807, 2.05) is 0 Å². The highest BCUT2D eigenvalue weighted by Crippen LogP contribution is 2.39. The molecule has 2 heteroatoms. The fraction of sp³-hybridized carbons (Fsp3) is 1.00. The van der Waals surface area contributed by atoms with Gasteiger partial charge < -0.3 is 10.1 Å². The van der Waals surface area contributed by atoms with E-state index in [0.29, 0.717) is 17.6 Å². The Morgan fingerprint density at radius 2 is 1.84 bits per heavy atom. The van der Waals surface area contributed by atoms with Crippen LogP contribution in [0.1, 0.15) is 66.2 Å². The van der Waals surface area contributed by atoms with Gasteiger partial charge in [0.05, 0.1) is 6.10 Å². The number of hydrogen-bond donors (Lipinski definition) is 1. The summed E-state index contributed by atoms with van der Waals surface area (Å²) in [7, 11) is 0. The van der Waals surface area contributed by atoms with Crippen LogP contribution in [0.3, 0.4) is 0 Å². The SMILES string of the molecule is CCCNC1CCC(C(C)(C)C)CC1OCC1CC1. The largest absolute Gasteiger partial charge is 0.376 e. The van der Waals surface area contributed by atoms with Gasteiger partial charge in [0.25, 0.3) is 0 Å². The summed E-state index contributed by atoms with van der Waals surface area (Å²) >= 11 is 0. The summed E-state index contributed by atoms with van der Waals surface area (Å²) in [6, 6.07) is 0.595. The van der Waals surface area contributed by atoms with E-state index in [9.17, 15) is 0 Å². The van der Waals surface area contributed by atoms with Crippen molar-refractivity contribution in [3.8, 4) is 0 Å². The molecule has 0 spiro atoms. The van der Waals surface area contributed by atoms with Crippen LogP contribution in [0.25, 0.3) is 0 Å². The summed E-state index contributed by atoms with van der Waals surface area (Å²) in [4.78, 5) is 0. The van der Waals surface area contributed by atoms with E-state index in [4.69, 9.17) is 4.74 Å². The molecule has 0 aromatic rings. The van der Waals surface area contributed by atoms with Gasteiger partial charge in [0, 0.05) is 12.6 Å². The molecule has 0 aromatic heterocycles. The lowest BCUT2D eigenvalue weighted by Crippen LogP contribution is -2.48. The van der Waals surface area contributed by atoms with E-state index in [0.717, 1.165) is 25.0 Å². The van der Waals surface area contributed by atoms with Crippen LogP contribution < -0.4 is 5.32 Å². The zero-order valence-corrected chi connectivity index (χ0v) is 13.4. The zero-order chi connectivity index (χ0) is 13.9. The van der Waals surface area contributed by atoms with Crippen LogP contribution in [0.4, 0.5) is 0 Å². The molecule has 3 atom stereocenters. The summed E-state index contributed by atoms with van der Waals surface area (Å²) in [5, 5.41) is 3.71. The van der Waals surface area contributed by atoms with Gasteiger partial charge in [-0.05, 0) is 62.3 Å². The zero-order valence-electron chi connectivity index (χ0n) is 13.4. The first-order valence-corrected chi connectivity index (χ1v) is 8.35. The predicted octanol–water partition coefficient (Wildman–Crippen LogP) is 4.00. The van der Waals surface area contributed by atoms with Gasteiger partial charge in [-0.2, -0.15) is 0 Å². The molecule has 2 aliphatic rings. The van der Waals surface area contributed by atoms with Crippen LogP contribution in [0.2, 0.25) is 0 Å². The molecule has 0 aliphatic heterocycles. The second kappa shape index (κ2) is 6.58. The number of nitrogens with one attached hydrogen (secondary N) is 1. The first-order valence-electron chi connectivity index (χ1n) is 8.35. The third kappa shape index (κ3) is 4.75. The molecule has 1 N–H and O–H groups in total. The topological polar surface area (TPSA) is 21.3 Å². The average Bonchev–Trinajstić information content (AvgIpc) is 3.17. The minimum Gasteiger partial charge on any atom is -0.376 e. The lowest BCUT2D eigenvalue weighted by atomic mass is 9.70. The predicted molar refractivity (Wildman–Crippen MR) is 81.3 cm³/mol. The molecule has 2 saturated carbocycles. The molecule has 0 radical (unpaired) electrons. The fourth-order valence-electron chi connectivity index (χ4n) is 3.21. The van der Waals surface area contributed by atoms with Crippen molar-refractivity contribution in [1.82, 2.24) is 5.32 Å². The van der Waals surface area contributed by atoms with E-state index in [1.54, 1.807) is 0 Å². The van der Waals surface area contributed by atoms with Gasteiger partial charge in [0.15, 0.2) is 0 Å². The van der Waals surface area contributed by atoms with Crippen LogP contribution in [0.15, 0.2) is 0 Å². The van der Waals surface area contributed by atoms with Crippen LogP contribution in [-0.4, -0.2) is 25.3 Å². The van der Waals surface area contributed by atoms with E-state index in [2.05, 4.69) is 33.0 Å². The Morgan fingerprint density at radius 3 is 2.42 bits per heavy atom. The summed E-state index contributed by atoms with van der Waals surface area (Å²) in [5.41, 5.74) is 0.427. The van der Waals surface area contributed by atoms with Crippen molar-refractivity contribution in [2.75, 3.05) is 13.2 Å². The van der Waals surface area contributed by atoms with Gasteiger partial charge in [-0.15, -0.1) is 0 Å². The number of ether oxygens (including phenoxy) is 1. The quantitative estimate of drug-likeness (QED) is 0.785. The highest BCUT2D eigenvalue weighted by atomic mass is 16.5. The minimum atomic E-state index is 0.427. The monoisotopic (exact) mass is 267 g/mol. The van der Waals surface area contributed by atoms with Gasteiger partial charge >= 0.3 is 0 Å². The molecule has 0 bridgehead atoms. The molecule has 19 heavy (non-hydrogen) atoms. The first-order chi connectivity index (χ1) is 9.00. The van der Waals surface area contributed by atoms with Crippen molar-refractivity contribution in [3.05, 3.63) is 0 Å². The Bertz CT molecular complexity index is 267. The van der Waals surface area contributed by atoms with Crippen molar-refractivity contribution in [2.24, 2.45) is 17.3 Å². The summed E-state index contributed by atoms with van der Waals surface area (Å²) in [6.45, 7) is 11.5. The molecule has 0 saturated heterocycles. The molecular formula is C17H33NO. The second-order valence-corrected chi connectivity index (χ2v) is 7.75. The molecular weight excluding hydrogens is 234 g/mol. The normalized spacial score (nSPS) is 32.5. The molecule has 112 valence electrons. The highest BCUT2D eigenvalue weighted by Gasteiger charge is 2.37. The van der Waals surface area contributed by atoms with Crippen molar-refractivity contribution < 1.29 is 4.74 Å². The van der Waals surface area contributed by atoms with Crippen LogP contribution in [0, 0.1) is 17.3 Å². The fourth-order valence-corrected chi connectivity index (χ4v) is 3.21. The van der Waals surface area contributed by atoms with Gasteiger partial charge in [0.1, 0.15) is 0 Å². The maximum absolute atomic E-state index is 6.28. The summed E-state index contributed by atoms with van der Waals surface area (Å²) in [5.74, 6) is 1.69. The maximum Gasteiger partial charge on any atom is 0.0731 e. The number of rotatable bonds is 6. The third-order valence-corrected chi connectivity index (χ3v) is 4.92. The molecule has 2 aliphatic carbocycles. The molecule has 0 aromatic carbocycles. The van der Waals surface area contributed by atoms with E-state index in [-0.39, 0.29) is 0 Å². The van der Waals surface area contributed by atoms with Crippen molar-refractivity contribution >= 4 is 0 Å². The lowest BCUT2D eigenvalue weighted by Gasteiger charge is -2.42. The van der Waals surface area contributed by atoms with Crippen molar-refractivity contribution in [1.29, 1.82) is 0 Å².